The van der Waals surface area contributed by atoms with Crippen molar-refractivity contribution in [3.8, 4) is 0 Å². The number of hydrogen-bond acceptors (Lipinski definition) is 11. The first kappa shape index (κ1) is 46.9. The van der Waals surface area contributed by atoms with Crippen LogP contribution in [0.1, 0.15) is 34.7 Å². The maximum absolute atomic E-state index is 12.9. The number of amides is 1. The molecule has 0 radical (unpaired) electrons. The van der Waals surface area contributed by atoms with Gasteiger partial charge < -0.3 is 53.7 Å². The minimum absolute atomic E-state index is 0.0772. The van der Waals surface area contributed by atoms with Crippen molar-refractivity contribution in [3.63, 3.8) is 0 Å². The Morgan fingerprint density at radius 3 is 1.41 bits per heavy atom. The molecule has 10 atom stereocenters. The normalized spacial score (nSPS) is 25.7. The van der Waals surface area contributed by atoms with E-state index in [0.717, 1.165) is 27.8 Å². The summed E-state index contributed by atoms with van der Waals surface area (Å²) in [4.78, 5) is 12.9. The van der Waals surface area contributed by atoms with Crippen molar-refractivity contribution in [2.24, 2.45) is 5.73 Å². The van der Waals surface area contributed by atoms with E-state index in [1.54, 1.807) is 6.08 Å². The van der Waals surface area contributed by atoms with Crippen molar-refractivity contribution in [2.45, 2.75) is 101 Å². The highest BCUT2D eigenvalue weighted by Crippen LogP contribution is 2.34. The summed E-state index contributed by atoms with van der Waals surface area (Å²) in [6, 6.07) is 47.6. The quantitative estimate of drug-likeness (QED) is 0.0654. The van der Waals surface area contributed by atoms with Crippen LogP contribution in [0.4, 0.5) is 0 Å². The number of rotatable bonds is 23. The monoisotopic (exact) mass is 872 g/mol. The van der Waals surface area contributed by atoms with Gasteiger partial charge in [-0.1, -0.05) is 158 Å². The predicted octanol–water partition coefficient (Wildman–Crippen LogP) is 7.05. The van der Waals surface area contributed by atoms with Crippen molar-refractivity contribution in [2.75, 3.05) is 19.8 Å². The second kappa shape index (κ2) is 24.8. The maximum atomic E-state index is 12.9. The SMILES string of the molecule is C=CCO[C@@H]1[C@@H](NC(C)=O)[C@@H](OCc2ccccc2)O[C@H](COCc2ccccc2)[C@H]1O[C@@H]1O[C@H](COCc2ccccc2)[C@@H](OCc2ccccc2)[C@H](OCc2ccccc2)[C@H]1N. The van der Waals surface area contributed by atoms with Crippen LogP contribution in [-0.2, 0) is 80.5 Å². The highest BCUT2D eigenvalue weighted by molar-refractivity contribution is 5.73. The molecule has 0 unspecified atom stereocenters. The van der Waals surface area contributed by atoms with Gasteiger partial charge in [0.15, 0.2) is 12.6 Å². The summed E-state index contributed by atoms with van der Waals surface area (Å²) in [5.41, 5.74) is 12.1. The predicted molar refractivity (Wildman–Crippen MR) is 241 cm³/mol. The van der Waals surface area contributed by atoms with Crippen molar-refractivity contribution in [1.29, 1.82) is 0 Å². The number of hydrogen-bond donors (Lipinski definition) is 2. The third-order valence-electron chi connectivity index (χ3n) is 11.0. The lowest BCUT2D eigenvalue weighted by Gasteiger charge is -2.50. The molecule has 3 N–H and O–H groups in total. The number of benzene rings is 5. The second-order valence-electron chi connectivity index (χ2n) is 15.9. The molecule has 1 amide bonds. The van der Waals surface area contributed by atoms with Crippen molar-refractivity contribution < 1.29 is 47.4 Å². The van der Waals surface area contributed by atoms with E-state index in [1.807, 2.05) is 152 Å². The Bertz CT molecular complexity index is 2080. The Morgan fingerprint density at radius 1 is 0.547 bits per heavy atom. The third-order valence-corrected chi connectivity index (χ3v) is 11.0. The first-order valence-electron chi connectivity index (χ1n) is 21.9. The number of nitrogens with one attached hydrogen (secondary N) is 1. The highest BCUT2D eigenvalue weighted by Gasteiger charge is 2.53. The average Bonchev–Trinajstić information content (AvgIpc) is 3.33. The van der Waals surface area contributed by atoms with Crippen molar-refractivity contribution >= 4 is 5.91 Å². The molecule has 0 aromatic heterocycles. The molecule has 338 valence electrons. The van der Waals surface area contributed by atoms with E-state index in [0.29, 0.717) is 13.2 Å². The summed E-state index contributed by atoms with van der Waals surface area (Å²) in [7, 11) is 0. The van der Waals surface area contributed by atoms with E-state index in [1.165, 1.54) is 6.92 Å². The summed E-state index contributed by atoms with van der Waals surface area (Å²) in [5.74, 6) is -0.305. The number of carbonyl (C=O) groups excluding carboxylic acids is 1. The first-order chi connectivity index (χ1) is 31.4. The summed E-state index contributed by atoms with van der Waals surface area (Å²) >= 11 is 0. The fourth-order valence-electron chi connectivity index (χ4n) is 7.88. The van der Waals surface area contributed by atoms with Crippen LogP contribution >= 0.6 is 0 Å². The van der Waals surface area contributed by atoms with Gasteiger partial charge in [0.2, 0.25) is 5.91 Å². The third kappa shape index (κ3) is 13.7. The van der Waals surface area contributed by atoms with Gasteiger partial charge in [-0.3, -0.25) is 4.79 Å². The molecule has 2 heterocycles. The topological polar surface area (TPSA) is 138 Å². The van der Waals surface area contributed by atoms with Crippen LogP contribution in [0.15, 0.2) is 164 Å². The molecule has 12 nitrogen and oxygen atoms in total. The molecule has 2 aliphatic rings. The summed E-state index contributed by atoms with van der Waals surface area (Å²) in [5, 5.41) is 3.04. The molecule has 12 heteroatoms. The molecular formula is C52H60N2O10. The molecule has 64 heavy (non-hydrogen) atoms. The standard InChI is InChI=1S/C52H60N2O10/c1-3-29-58-50-46(54-37(2)55)52(61-34-42-27-17-8-18-28-42)63-44(36-57-31-39-21-11-5-12-22-39)48(50)64-51-45(53)49(60-33-41-25-15-7-16-26-41)47(59-32-40-23-13-6-14-24-40)43(62-51)35-56-30-38-19-9-4-10-20-38/h3-28,43-52H,1,29-36,53H2,2H3,(H,54,55)/t43-,44-,45-,46-,47-,48-,49-,50-,51+,52+/m1/s1. The van der Waals surface area contributed by atoms with Crippen LogP contribution in [0.25, 0.3) is 0 Å². The van der Waals surface area contributed by atoms with Gasteiger partial charge in [0, 0.05) is 6.92 Å². The van der Waals surface area contributed by atoms with E-state index in [2.05, 4.69) is 11.9 Å². The fourth-order valence-corrected chi connectivity index (χ4v) is 7.88. The van der Waals surface area contributed by atoms with Crippen molar-refractivity contribution in [1.82, 2.24) is 5.32 Å². The fraction of sp³-hybridized carbons (Fsp3) is 0.365. The first-order valence-corrected chi connectivity index (χ1v) is 21.9. The number of carbonyl (C=O) groups is 1. The second-order valence-corrected chi connectivity index (χ2v) is 15.9. The van der Waals surface area contributed by atoms with Gasteiger partial charge in [-0.15, -0.1) is 6.58 Å². The Labute approximate surface area is 376 Å². The van der Waals surface area contributed by atoms with Gasteiger partial charge in [-0.05, 0) is 27.8 Å². The van der Waals surface area contributed by atoms with E-state index in [-0.39, 0.29) is 45.5 Å². The lowest BCUT2D eigenvalue weighted by Crippen LogP contribution is -2.69. The van der Waals surface area contributed by atoms with Crippen molar-refractivity contribution in [3.05, 3.63) is 192 Å². The van der Waals surface area contributed by atoms with E-state index < -0.39 is 61.3 Å². The lowest BCUT2D eigenvalue weighted by atomic mass is 9.94. The maximum Gasteiger partial charge on any atom is 0.217 e. The Morgan fingerprint density at radius 2 is 0.953 bits per heavy atom. The molecule has 7 rings (SSSR count). The van der Waals surface area contributed by atoms with Gasteiger partial charge in [0.1, 0.15) is 42.7 Å². The van der Waals surface area contributed by atoms with E-state index >= 15 is 0 Å². The van der Waals surface area contributed by atoms with Crippen LogP contribution in [0.2, 0.25) is 0 Å². The molecular weight excluding hydrogens is 813 g/mol. The molecule has 0 spiro atoms. The van der Waals surface area contributed by atoms with Gasteiger partial charge in [0.05, 0.1) is 58.9 Å². The number of nitrogens with two attached hydrogens (primary N) is 1. The van der Waals surface area contributed by atoms with Gasteiger partial charge in [-0.25, -0.2) is 0 Å². The van der Waals surface area contributed by atoms with Gasteiger partial charge in [-0.2, -0.15) is 0 Å². The number of ether oxygens (including phenoxy) is 9. The largest absolute Gasteiger partial charge is 0.374 e. The summed E-state index contributed by atoms with van der Waals surface area (Å²) < 4.78 is 59.9. The zero-order valence-electron chi connectivity index (χ0n) is 36.3. The molecule has 5 aromatic carbocycles. The molecule has 0 aliphatic carbocycles. The Balaban J connectivity index is 1.21. The minimum Gasteiger partial charge on any atom is -0.374 e. The molecule has 2 fully saturated rings. The molecule has 5 aromatic rings. The summed E-state index contributed by atoms with van der Waals surface area (Å²) in [6.07, 6.45) is -5.06. The minimum atomic E-state index is -1.09. The summed E-state index contributed by atoms with van der Waals surface area (Å²) in [6.45, 7) is 7.11. The molecule has 2 aliphatic heterocycles. The van der Waals surface area contributed by atoms with Gasteiger partial charge >= 0.3 is 0 Å². The van der Waals surface area contributed by atoms with Crippen LogP contribution in [0.3, 0.4) is 0 Å². The zero-order chi connectivity index (χ0) is 44.4. The molecule has 0 saturated carbocycles. The van der Waals surface area contributed by atoms with Crippen LogP contribution < -0.4 is 11.1 Å². The highest BCUT2D eigenvalue weighted by atomic mass is 16.7. The van der Waals surface area contributed by atoms with Gasteiger partial charge in [0.25, 0.3) is 0 Å². The lowest BCUT2D eigenvalue weighted by molar-refractivity contribution is -0.341. The Kier molecular flexibility index (Phi) is 18.2. The van der Waals surface area contributed by atoms with E-state index in [9.17, 15) is 4.79 Å². The Hall–Kier alpha value is -5.09. The van der Waals surface area contributed by atoms with Crippen LogP contribution in [0.5, 0.6) is 0 Å². The average molecular weight is 873 g/mol. The zero-order valence-corrected chi connectivity index (χ0v) is 36.3. The molecule has 0 bridgehead atoms. The van der Waals surface area contributed by atoms with Crippen LogP contribution in [-0.4, -0.2) is 87.0 Å². The smallest absolute Gasteiger partial charge is 0.217 e. The molecule has 2 saturated heterocycles. The van der Waals surface area contributed by atoms with E-state index in [4.69, 9.17) is 48.4 Å². The van der Waals surface area contributed by atoms with Crippen LogP contribution in [0, 0.1) is 0 Å².